The molecule has 0 bridgehead atoms. The van der Waals surface area contributed by atoms with E-state index in [1.54, 1.807) is 29.4 Å². The van der Waals surface area contributed by atoms with E-state index in [9.17, 15) is 4.79 Å². The van der Waals surface area contributed by atoms with Gasteiger partial charge in [-0.1, -0.05) is 29.3 Å². The molecule has 1 aromatic heterocycles. The molecule has 0 spiro atoms. The lowest BCUT2D eigenvalue weighted by Gasteiger charge is -2.36. The van der Waals surface area contributed by atoms with E-state index in [-0.39, 0.29) is 12.1 Å². The molecule has 2 N–H and O–H groups in total. The van der Waals surface area contributed by atoms with Crippen LogP contribution in [0.15, 0.2) is 36.7 Å². The van der Waals surface area contributed by atoms with Gasteiger partial charge in [-0.15, -0.1) is 0 Å². The number of rotatable bonds is 4. The van der Waals surface area contributed by atoms with Gasteiger partial charge in [0.05, 0.1) is 22.7 Å². The maximum atomic E-state index is 12.8. The van der Waals surface area contributed by atoms with Crippen LogP contribution < -0.4 is 15.4 Å². The molecule has 3 rings (SSSR count). The summed E-state index contributed by atoms with van der Waals surface area (Å²) in [5, 5.41) is 6.91. The molecule has 0 radical (unpaired) electrons. The van der Waals surface area contributed by atoms with Gasteiger partial charge in [0, 0.05) is 37.7 Å². The van der Waals surface area contributed by atoms with E-state index < -0.39 is 0 Å². The third kappa shape index (κ3) is 4.20. The van der Waals surface area contributed by atoms with Gasteiger partial charge < -0.3 is 20.3 Å². The molecule has 6 nitrogen and oxygen atoms in total. The molecule has 1 aliphatic heterocycles. The largest absolute Gasteiger partial charge is 0.491 e. The molecule has 1 unspecified atom stereocenters. The smallest absolute Gasteiger partial charge is 0.322 e. The number of urea groups is 1. The summed E-state index contributed by atoms with van der Waals surface area (Å²) in [6, 6.07) is 6.80. The number of aromatic nitrogens is 1. The van der Waals surface area contributed by atoms with E-state index in [0.29, 0.717) is 41.2 Å². The van der Waals surface area contributed by atoms with E-state index >= 15 is 0 Å². The second kappa shape index (κ2) is 8.58. The van der Waals surface area contributed by atoms with Gasteiger partial charge in [-0.3, -0.25) is 4.98 Å². The Labute approximate surface area is 162 Å². The monoisotopic (exact) mass is 394 g/mol. The number of hydrogen-bond donors (Lipinski definition) is 2. The summed E-state index contributed by atoms with van der Waals surface area (Å²) in [5.74, 6) is 0.421. The highest BCUT2D eigenvalue weighted by Crippen LogP contribution is 2.36. The normalized spacial score (nSPS) is 17.0. The van der Waals surface area contributed by atoms with Crippen molar-refractivity contribution < 1.29 is 9.53 Å². The average Bonchev–Trinajstić information content (AvgIpc) is 2.65. The minimum atomic E-state index is -0.211. The first-order valence-corrected chi connectivity index (χ1v) is 9.16. The lowest BCUT2D eigenvalue weighted by molar-refractivity contribution is 0.171. The molecule has 1 atom stereocenters. The highest BCUT2D eigenvalue weighted by Gasteiger charge is 2.28. The Kier molecular flexibility index (Phi) is 6.19. The molecule has 138 valence electrons. The Bertz CT molecular complexity index is 750. The van der Waals surface area contributed by atoms with Crippen LogP contribution in [0.3, 0.4) is 0 Å². The predicted molar refractivity (Wildman–Crippen MR) is 103 cm³/mol. The number of hydrogen-bond acceptors (Lipinski definition) is 4. The molecule has 0 aliphatic carbocycles. The summed E-state index contributed by atoms with van der Waals surface area (Å²) in [5.41, 5.74) is 1.51. The van der Waals surface area contributed by atoms with Crippen molar-refractivity contribution in [2.75, 3.05) is 31.6 Å². The first-order valence-electron chi connectivity index (χ1n) is 8.40. The van der Waals surface area contributed by atoms with E-state index in [1.165, 1.54) is 0 Å². The van der Waals surface area contributed by atoms with Crippen LogP contribution in [0.4, 0.5) is 10.5 Å². The van der Waals surface area contributed by atoms with Crippen molar-refractivity contribution in [1.29, 1.82) is 0 Å². The molecule has 26 heavy (non-hydrogen) atoms. The van der Waals surface area contributed by atoms with E-state index in [1.807, 2.05) is 19.1 Å². The fourth-order valence-electron chi connectivity index (χ4n) is 2.93. The first kappa shape index (κ1) is 18.8. The van der Waals surface area contributed by atoms with Crippen molar-refractivity contribution in [2.24, 2.45) is 0 Å². The summed E-state index contributed by atoms with van der Waals surface area (Å²) in [6.07, 6.45) is 3.50. The summed E-state index contributed by atoms with van der Waals surface area (Å²) in [6.45, 7) is 4.30. The van der Waals surface area contributed by atoms with Gasteiger partial charge in [0.2, 0.25) is 0 Å². The van der Waals surface area contributed by atoms with Crippen molar-refractivity contribution in [3.05, 3.63) is 52.3 Å². The van der Waals surface area contributed by atoms with Crippen molar-refractivity contribution in [3.8, 4) is 5.75 Å². The maximum Gasteiger partial charge on any atom is 0.322 e. The zero-order chi connectivity index (χ0) is 18.5. The number of anilines is 1. The zero-order valence-electron chi connectivity index (χ0n) is 14.3. The third-order valence-electron chi connectivity index (χ3n) is 4.11. The van der Waals surface area contributed by atoms with Crippen LogP contribution in [0.5, 0.6) is 5.75 Å². The van der Waals surface area contributed by atoms with Crippen molar-refractivity contribution in [2.45, 2.75) is 13.0 Å². The van der Waals surface area contributed by atoms with Crippen LogP contribution in [0.25, 0.3) is 0 Å². The standard InChI is InChI=1S/C18H20Cl2N4O2/c1-2-26-17-14(19)8-13(9-15(17)20)23-18(25)24-7-6-22-11-16(24)12-4-3-5-21-10-12/h3-5,8-10,16,22H,2,6-7,11H2,1H3,(H,23,25). The number of carbonyl (C=O) groups is 1. The van der Waals surface area contributed by atoms with E-state index in [2.05, 4.69) is 15.6 Å². The number of nitrogens with one attached hydrogen (secondary N) is 2. The molecule has 2 heterocycles. The quantitative estimate of drug-likeness (QED) is 0.823. The van der Waals surface area contributed by atoms with Gasteiger partial charge >= 0.3 is 6.03 Å². The third-order valence-corrected chi connectivity index (χ3v) is 4.67. The lowest BCUT2D eigenvalue weighted by Crippen LogP contribution is -2.50. The number of piperazine rings is 1. The predicted octanol–water partition coefficient (Wildman–Crippen LogP) is 3.97. The minimum Gasteiger partial charge on any atom is -0.491 e. The van der Waals surface area contributed by atoms with Crippen molar-refractivity contribution >= 4 is 34.9 Å². The van der Waals surface area contributed by atoms with Gasteiger partial charge in [0.1, 0.15) is 0 Å². The molecule has 1 fully saturated rings. The minimum absolute atomic E-state index is 0.0916. The SMILES string of the molecule is CCOc1c(Cl)cc(NC(=O)N2CCNCC2c2cccnc2)cc1Cl. The lowest BCUT2D eigenvalue weighted by atomic mass is 10.1. The number of amides is 2. The van der Waals surface area contributed by atoms with Gasteiger partial charge in [-0.05, 0) is 30.7 Å². The molecular formula is C18H20Cl2N4O2. The highest BCUT2D eigenvalue weighted by atomic mass is 35.5. The van der Waals surface area contributed by atoms with Crippen LogP contribution in [0, 0.1) is 0 Å². The Morgan fingerprint density at radius 2 is 2.19 bits per heavy atom. The average molecular weight is 395 g/mol. The summed E-state index contributed by atoms with van der Waals surface area (Å²) < 4.78 is 5.42. The van der Waals surface area contributed by atoms with Crippen molar-refractivity contribution in [1.82, 2.24) is 15.2 Å². The first-order chi connectivity index (χ1) is 12.6. The van der Waals surface area contributed by atoms with Gasteiger partial charge in [0.15, 0.2) is 5.75 Å². The highest BCUT2D eigenvalue weighted by molar-refractivity contribution is 6.37. The summed E-state index contributed by atoms with van der Waals surface area (Å²) in [7, 11) is 0. The molecule has 1 aromatic carbocycles. The van der Waals surface area contributed by atoms with Crippen LogP contribution in [-0.2, 0) is 0 Å². The topological polar surface area (TPSA) is 66.5 Å². The summed E-state index contributed by atoms with van der Waals surface area (Å²) >= 11 is 12.4. The summed E-state index contributed by atoms with van der Waals surface area (Å²) in [4.78, 5) is 18.8. The molecule has 2 amide bonds. The van der Waals surface area contributed by atoms with Crippen LogP contribution >= 0.6 is 23.2 Å². The fourth-order valence-corrected chi connectivity index (χ4v) is 3.52. The molecule has 8 heteroatoms. The van der Waals surface area contributed by atoms with Crippen molar-refractivity contribution in [3.63, 3.8) is 0 Å². The van der Waals surface area contributed by atoms with Crippen LogP contribution in [0.1, 0.15) is 18.5 Å². The van der Waals surface area contributed by atoms with Gasteiger partial charge in [0.25, 0.3) is 0 Å². The Morgan fingerprint density at radius 1 is 1.42 bits per heavy atom. The Balaban J connectivity index is 1.78. The number of ether oxygens (including phenoxy) is 1. The molecule has 2 aromatic rings. The Hall–Kier alpha value is -2.02. The van der Waals surface area contributed by atoms with Crippen LogP contribution in [0.2, 0.25) is 10.0 Å². The second-order valence-corrected chi connectivity index (χ2v) is 6.65. The number of pyridine rings is 1. The fraction of sp³-hybridized carbons (Fsp3) is 0.333. The number of benzene rings is 1. The Morgan fingerprint density at radius 3 is 2.85 bits per heavy atom. The van der Waals surface area contributed by atoms with Crippen LogP contribution in [-0.4, -0.2) is 42.2 Å². The molecular weight excluding hydrogens is 375 g/mol. The zero-order valence-corrected chi connectivity index (χ0v) is 15.8. The van der Waals surface area contributed by atoms with Gasteiger partial charge in [-0.2, -0.15) is 0 Å². The molecule has 1 aliphatic rings. The van der Waals surface area contributed by atoms with E-state index in [0.717, 1.165) is 12.1 Å². The number of nitrogens with zero attached hydrogens (tertiary/aromatic N) is 2. The van der Waals surface area contributed by atoms with E-state index in [4.69, 9.17) is 27.9 Å². The van der Waals surface area contributed by atoms with Gasteiger partial charge in [-0.25, -0.2) is 4.79 Å². The molecule has 0 saturated carbocycles. The molecule has 1 saturated heterocycles. The maximum absolute atomic E-state index is 12.8. The number of carbonyl (C=O) groups excluding carboxylic acids is 1. The second-order valence-electron chi connectivity index (χ2n) is 5.83. The number of halogens is 2.